The van der Waals surface area contributed by atoms with Gasteiger partial charge >= 0.3 is 0 Å². The second kappa shape index (κ2) is 8.05. The summed E-state index contributed by atoms with van der Waals surface area (Å²) in [7, 11) is 0. The van der Waals surface area contributed by atoms with Crippen molar-refractivity contribution >= 4 is 34.7 Å². The molecular formula is C17H18N5O3S-. The molecule has 0 atom stereocenters. The number of rotatable bonds is 8. The Hall–Kier alpha value is -2.81. The lowest BCUT2D eigenvalue weighted by atomic mass is 10.2. The number of anilines is 1. The predicted molar refractivity (Wildman–Crippen MR) is 96.8 cm³/mol. The molecule has 0 bridgehead atoms. The molecular weight excluding hydrogens is 354 g/mol. The van der Waals surface area contributed by atoms with Crippen LogP contribution in [0.1, 0.15) is 12.0 Å². The van der Waals surface area contributed by atoms with Gasteiger partial charge in [0.15, 0.2) is 22.1 Å². The SMILES string of the molecule is Cc1ccc(OCCn2c(SCCC(=O)[O-])nc3c(N)ncnc32)cc1. The molecule has 0 saturated carbocycles. The number of hydrogen-bond acceptors (Lipinski definition) is 8. The minimum atomic E-state index is -1.10. The van der Waals surface area contributed by atoms with Gasteiger partial charge in [0.1, 0.15) is 18.7 Å². The van der Waals surface area contributed by atoms with Crippen LogP contribution in [0, 0.1) is 6.92 Å². The smallest absolute Gasteiger partial charge is 0.170 e. The molecule has 2 aromatic heterocycles. The maximum absolute atomic E-state index is 10.6. The van der Waals surface area contributed by atoms with E-state index in [1.165, 1.54) is 18.1 Å². The lowest BCUT2D eigenvalue weighted by Gasteiger charge is -2.10. The zero-order valence-electron chi connectivity index (χ0n) is 14.2. The highest BCUT2D eigenvalue weighted by atomic mass is 32.2. The number of nitrogens with zero attached hydrogens (tertiary/aromatic N) is 4. The summed E-state index contributed by atoms with van der Waals surface area (Å²) in [6.07, 6.45) is 1.32. The number of ether oxygens (including phenoxy) is 1. The van der Waals surface area contributed by atoms with Crippen molar-refractivity contribution in [1.29, 1.82) is 0 Å². The summed E-state index contributed by atoms with van der Waals surface area (Å²) in [4.78, 5) is 23.3. The Morgan fingerprint density at radius 3 is 2.81 bits per heavy atom. The molecule has 1 aromatic carbocycles. The van der Waals surface area contributed by atoms with Gasteiger partial charge in [0.25, 0.3) is 0 Å². The molecule has 3 aromatic rings. The average molecular weight is 372 g/mol. The van der Waals surface area contributed by atoms with Gasteiger partial charge in [-0.1, -0.05) is 29.5 Å². The van der Waals surface area contributed by atoms with Gasteiger partial charge in [0, 0.05) is 11.7 Å². The predicted octanol–water partition coefficient (Wildman–Crippen LogP) is 1.03. The number of imidazole rings is 1. The van der Waals surface area contributed by atoms with Gasteiger partial charge in [-0.2, -0.15) is 0 Å². The molecule has 0 aliphatic rings. The van der Waals surface area contributed by atoms with E-state index in [4.69, 9.17) is 10.5 Å². The van der Waals surface area contributed by atoms with E-state index in [1.54, 1.807) is 0 Å². The number of carboxylic acid groups (broad SMARTS) is 1. The Morgan fingerprint density at radius 2 is 2.08 bits per heavy atom. The molecule has 0 aliphatic carbocycles. The van der Waals surface area contributed by atoms with Crippen molar-refractivity contribution in [3.63, 3.8) is 0 Å². The summed E-state index contributed by atoms with van der Waals surface area (Å²) in [5, 5.41) is 11.3. The van der Waals surface area contributed by atoms with E-state index in [1.807, 2.05) is 35.8 Å². The number of hydrogen-bond donors (Lipinski definition) is 1. The van der Waals surface area contributed by atoms with E-state index >= 15 is 0 Å². The lowest BCUT2D eigenvalue weighted by molar-refractivity contribution is -0.305. The molecule has 2 N–H and O–H groups in total. The first-order valence-corrected chi connectivity index (χ1v) is 9.02. The number of aromatic nitrogens is 4. The Labute approximate surface area is 154 Å². The summed E-state index contributed by atoms with van der Waals surface area (Å²) in [5.41, 5.74) is 8.14. The fraction of sp³-hybridized carbons (Fsp3) is 0.294. The van der Waals surface area contributed by atoms with Gasteiger partial charge < -0.3 is 24.9 Å². The number of aliphatic carboxylic acids is 1. The van der Waals surface area contributed by atoms with Gasteiger partial charge in [-0.05, 0) is 25.5 Å². The van der Waals surface area contributed by atoms with Gasteiger partial charge in [-0.15, -0.1) is 0 Å². The first-order valence-electron chi connectivity index (χ1n) is 8.03. The van der Waals surface area contributed by atoms with Crippen molar-refractivity contribution < 1.29 is 14.6 Å². The average Bonchev–Trinajstić information content (AvgIpc) is 2.96. The third kappa shape index (κ3) is 4.23. The van der Waals surface area contributed by atoms with E-state index in [-0.39, 0.29) is 12.2 Å². The summed E-state index contributed by atoms with van der Waals surface area (Å²) < 4.78 is 7.64. The standard InChI is InChI=1S/C17H19N5O3S/c1-11-2-4-12(5-3-11)25-8-7-22-16-14(15(18)19-10-20-16)21-17(22)26-9-6-13(23)24/h2-5,10H,6-9H2,1H3,(H,23,24)(H2,18,19,20)/p-1. The molecule has 8 nitrogen and oxygen atoms in total. The van der Waals surface area contributed by atoms with Gasteiger partial charge in [-0.3, -0.25) is 0 Å². The molecule has 3 rings (SSSR count). The number of carboxylic acids is 1. The van der Waals surface area contributed by atoms with E-state index in [9.17, 15) is 9.90 Å². The van der Waals surface area contributed by atoms with Crippen LogP contribution in [0.15, 0.2) is 35.7 Å². The molecule has 26 heavy (non-hydrogen) atoms. The van der Waals surface area contributed by atoms with Crippen LogP contribution in [0.25, 0.3) is 11.2 Å². The molecule has 0 aliphatic heterocycles. The van der Waals surface area contributed by atoms with Gasteiger partial charge in [0.2, 0.25) is 0 Å². The van der Waals surface area contributed by atoms with Crippen molar-refractivity contribution in [2.45, 2.75) is 25.0 Å². The largest absolute Gasteiger partial charge is 0.550 e. The zero-order valence-corrected chi connectivity index (χ0v) is 15.0. The maximum atomic E-state index is 10.6. The van der Waals surface area contributed by atoms with Crippen LogP contribution in [0.2, 0.25) is 0 Å². The highest BCUT2D eigenvalue weighted by molar-refractivity contribution is 7.99. The number of fused-ring (bicyclic) bond motifs is 1. The van der Waals surface area contributed by atoms with Gasteiger partial charge in [0.05, 0.1) is 6.54 Å². The fourth-order valence-corrected chi connectivity index (χ4v) is 3.30. The Bertz CT molecular complexity index is 911. The quantitative estimate of drug-likeness (QED) is 0.582. The topological polar surface area (TPSA) is 119 Å². The zero-order chi connectivity index (χ0) is 18.5. The molecule has 0 unspecified atom stereocenters. The number of thioether (sulfide) groups is 1. The van der Waals surface area contributed by atoms with Crippen LogP contribution in [0.3, 0.4) is 0 Å². The van der Waals surface area contributed by atoms with Crippen molar-refractivity contribution in [3.8, 4) is 5.75 Å². The molecule has 0 radical (unpaired) electrons. The number of carbonyl (C=O) groups is 1. The highest BCUT2D eigenvalue weighted by Gasteiger charge is 2.15. The lowest BCUT2D eigenvalue weighted by Crippen LogP contribution is -2.22. The molecule has 0 amide bonds. The molecule has 0 saturated heterocycles. The van der Waals surface area contributed by atoms with Crippen molar-refractivity contribution in [2.24, 2.45) is 0 Å². The van der Waals surface area contributed by atoms with Crippen LogP contribution in [0.5, 0.6) is 5.75 Å². The summed E-state index contributed by atoms with van der Waals surface area (Å²) >= 11 is 1.31. The Morgan fingerprint density at radius 1 is 1.31 bits per heavy atom. The molecule has 9 heteroatoms. The number of carbonyl (C=O) groups excluding carboxylic acids is 1. The summed E-state index contributed by atoms with van der Waals surface area (Å²) in [6.45, 7) is 2.92. The minimum absolute atomic E-state index is 0.0606. The monoisotopic (exact) mass is 372 g/mol. The molecule has 2 heterocycles. The van der Waals surface area contributed by atoms with Crippen LogP contribution in [0.4, 0.5) is 5.82 Å². The fourth-order valence-electron chi connectivity index (χ4n) is 2.36. The third-order valence-electron chi connectivity index (χ3n) is 3.67. The number of aryl methyl sites for hydroxylation is 1. The van der Waals surface area contributed by atoms with E-state index < -0.39 is 5.97 Å². The number of nitrogen functional groups attached to an aromatic ring is 1. The maximum Gasteiger partial charge on any atom is 0.170 e. The second-order valence-electron chi connectivity index (χ2n) is 5.61. The first-order chi connectivity index (χ1) is 12.5. The van der Waals surface area contributed by atoms with Crippen molar-refractivity contribution in [3.05, 3.63) is 36.2 Å². The van der Waals surface area contributed by atoms with E-state index in [0.29, 0.717) is 35.2 Å². The minimum Gasteiger partial charge on any atom is -0.550 e. The van der Waals surface area contributed by atoms with E-state index in [2.05, 4.69) is 15.0 Å². The number of benzene rings is 1. The highest BCUT2D eigenvalue weighted by Crippen LogP contribution is 2.25. The Balaban J connectivity index is 1.76. The molecule has 0 spiro atoms. The van der Waals surface area contributed by atoms with Crippen molar-refractivity contribution in [2.75, 3.05) is 18.1 Å². The van der Waals surface area contributed by atoms with Gasteiger partial charge in [-0.25, -0.2) is 15.0 Å². The second-order valence-corrected chi connectivity index (χ2v) is 6.67. The van der Waals surface area contributed by atoms with E-state index in [0.717, 1.165) is 11.3 Å². The van der Waals surface area contributed by atoms with Crippen LogP contribution in [-0.2, 0) is 11.3 Å². The normalized spacial score (nSPS) is 11.0. The first kappa shape index (κ1) is 18.0. The summed E-state index contributed by atoms with van der Waals surface area (Å²) in [6, 6.07) is 7.79. The molecule has 0 fully saturated rings. The van der Waals surface area contributed by atoms with Crippen LogP contribution < -0.4 is 15.6 Å². The third-order valence-corrected chi connectivity index (χ3v) is 4.65. The van der Waals surface area contributed by atoms with Crippen LogP contribution >= 0.6 is 11.8 Å². The Kier molecular flexibility index (Phi) is 5.57. The van der Waals surface area contributed by atoms with Crippen LogP contribution in [-0.4, -0.2) is 37.8 Å². The number of nitrogens with two attached hydrogens (primary N) is 1. The van der Waals surface area contributed by atoms with Crippen molar-refractivity contribution in [1.82, 2.24) is 19.5 Å². The summed E-state index contributed by atoms with van der Waals surface area (Å²) in [5.74, 6) is 0.315. The molecule has 136 valence electrons.